The van der Waals surface area contributed by atoms with Gasteiger partial charge >= 0.3 is 0 Å². The Morgan fingerprint density at radius 2 is 2.38 bits per heavy atom. The molecule has 0 spiro atoms. The molecule has 1 heterocycles. The summed E-state index contributed by atoms with van der Waals surface area (Å²) in [7, 11) is 0. The number of carbonyl (C=O) groups excluding carboxylic acids is 1. The number of hydrogen-bond donors (Lipinski definition) is 3. The standard InChI is InChI=1S/C10H15N3O2S/c1-6-3-4-8(16-6)7(2)12-10(14)5-9(11)13-15/h3-4,7,15H,5H2,1-2H3,(H2,11,13)(H,12,14). The quantitative estimate of drug-likeness (QED) is 0.322. The van der Waals surface area contributed by atoms with Gasteiger partial charge < -0.3 is 16.3 Å². The molecule has 6 heteroatoms. The van der Waals surface area contributed by atoms with E-state index in [0.717, 1.165) is 4.88 Å². The molecule has 1 aromatic heterocycles. The molecule has 0 bridgehead atoms. The van der Waals surface area contributed by atoms with E-state index < -0.39 is 0 Å². The average Bonchev–Trinajstić information content (AvgIpc) is 2.64. The van der Waals surface area contributed by atoms with Gasteiger partial charge in [-0.25, -0.2) is 0 Å². The van der Waals surface area contributed by atoms with Gasteiger partial charge in [-0.05, 0) is 26.0 Å². The monoisotopic (exact) mass is 241 g/mol. The van der Waals surface area contributed by atoms with Crippen molar-refractivity contribution in [2.75, 3.05) is 0 Å². The number of aryl methyl sites for hydroxylation is 1. The third-order valence-corrected chi connectivity index (χ3v) is 3.22. The number of carbonyl (C=O) groups is 1. The largest absolute Gasteiger partial charge is 0.409 e. The first kappa shape index (κ1) is 12.5. The molecule has 0 radical (unpaired) electrons. The fraction of sp³-hybridized carbons (Fsp3) is 0.400. The van der Waals surface area contributed by atoms with Crippen LogP contribution in [-0.2, 0) is 4.79 Å². The molecule has 0 aromatic carbocycles. The molecule has 1 unspecified atom stereocenters. The summed E-state index contributed by atoms with van der Waals surface area (Å²) < 4.78 is 0. The molecule has 1 amide bonds. The van der Waals surface area contributed by atoms with E-state index >= 15 is 0 Å². The van der Waals surface area contributed by atoms with Crippen molar-refractivity contribution in [3.05, 3.63) is 21.9 Å². The molecule has 4 N–H and O–H groups in total. The summed E-state index contributed by atoms with van der Waals surface area (Å²) in [5.41, 5.74) is 5.23. The van der Waals surface area contributed by atoms with E-state index in [4.69, 9.17) is 10.9 Å². The minimum Gasteiger partial charge on any atom is -0.409 e. The van der Waals surface area contributed by atoms with E-state index in [9.17, 15) is 4.79 Å². The van der Waals surface area contributed by atoms with Crippen LogP contribution in [0.25, 0.3) is 0 Å². The van der Waals surface area contributed by atoms with Crippen molar-refractivity contribution in [2.24, 2.45) is 10.9 Å². The molecule has 16 heavy (non-hydrogen) atoms. The summed E-state index contributed by atoms with van der Waals surface area (Å²) in [6.07, 6.45) is -0.0921. The summed E-state index contributed by atoms with van der Waals surface area (Å²) >= 11 is 1.64. The van der Waals surface area contributed by atoms with Crippen LogP contribution in [0.15, 0.2) is 17.3 Å². The highest BCUT2D eigenvalue weighted by atomic mass is 32.1. The number of nitrogens with two attached hydrogens (primary N) is 1. The molecule has 88 valence electrons. The molecular formula is C10H15N3O2S. The number of amides is 1. The van der Waals surface area contributed by atoms with Gasteiger partial charge in [0.05, 0.1) is 12.5 Å². The Labute approximate surface area is 98.0 Å². The maximum absolute atomic E-state index is 11.4. The van der Waals surface area contributed by atoms with Crippen LogP contribution in [0.1, 0.15) is 29.1 Å². The molecule has 0 aliphatic heterocycles. The summed E-state index contributed by atoms with van der Waals surface area (Å²) in [6, 6.07) is 3.93. The van der Waals surface area contributed by atoms with Crippen LogP contribution in [0.3, 0.4) is 0 Å². The van der Waals surface area contributed by atoms with E-state index in [2.05, 4.69) is 10.5 Å². The maximum Gasteiger partial charge on any atom is 0.228 e. The van der Waals surface area contributed by atoms with E-state index in [-0.39, 0.29) is 24.2 Å². The van der Waals surface area contributed by atoms with Gasteiger partial charge in [-0.15, -0.1) is 11.3 Å². The molecule has 5 nitrogen and oxygen atoms in total. The summed E-state index contributed by atoms with van der Waals surface area (Å²) in [5.74, 6) is -0.346. The van der Waals surface area contributed by atoms with Crippen molar-refractivity contribution < 1.29 is 10.0 Å². The third-order valence-electron chi connectivity index (χ3n) is 2.04. The minimum absolute atomic E-state index is 0.0577. The molecular weight excluding hydrogens is 226 g/mol. The number of nitrogens with one attached hydrogen (secondary N) is 1. The van der Waals surface area contributed by atoms with Gasteiger partial charge in [0.15, 0.2) is 0 Å². The van der Waals surface area contributed by atoms with E-state index in [0.29, 0.717) is 0 Å². The third kappa shape index (κ3) is 3.54. The van der Waals surface area contributed by atoms with Gasteiger partial charge in [0.1, 0.15) is 5.84 Å². The lowest BCUT2D eigenvalue weighted by Crippen LogP contribution is -2.30. The molecule has 0 aliphatic carbocycles. The van der Waals surface area contributed by atoms with Crippen LogP contribution in [0.5, 0.6) is 0 Å². The highest BCUT2D eigenvalue weighted by molar-refractivity contribution is 7.12. The predicted octanol–water partition coefficient (Wildman–Crippen LogP) is 1.37. The van der Waals surface area contributed by atoms with Crippen LogP contribution in [0.2, 0.25) is 0 Å². The molecule has 0 aliphatic rings. The fourth-order valence-corrected chi connectivity index (χ4v) is 2.13. The number of nitrogens with zero attached hydrogens (tertiary/aromatic N) is 1. The second-order valence-corrected chi connectivity index (χ2v) is 4.83. The zero-order valence-electron chi connectivity index (χ0n) is 9.23. The molecule has 0 saturated heterocycles. The van der Waals surface area contributed by atoms with Crippen LogP contribution in [0, 0.1) is 6.92 Å². The zero-order valence-corrected chi connectivity index (χ0v) is 10.0. The molecule has 1 rings (SSSR count). The van der Waals surface area contributed by atoms with Gasteiger partial charge in [-0.1, -0.05) is 5.16 Å². The van der Waals surface area contributed by atoms with Gasteiger partial charge in [-0.3, -0.25) is 4.79 Å². The van der Waals surface area contributed by atoms with Crippen molar-refractivity contribution in [2.45, 2.75) is 26.3 Å². The Morgan fingerprint density at radius 1 is 1.69 bits per heavy atom. The van der Waals surface area contributed by atoms with Gasteiger partial charge in [-0.2, -0.15) is 0 Å². The summed E-state index contributed by atoms with van der Waals surface area (Å²) in [6.45, 7) is 3.91. The van der Waals surface area contributed by atoms with Crippen molar-refractivity contribution in [1.82, 2.24) is 5.32 Å². The Balaban J connectivity index is 2.51. The topological polar surface area (TPSA) is 87.7 Å². The second-order valence-electron chi connectivity index (χ2n) is 3.51. The molecule has 1 atom stereocenters. The normalized spacial score (nSPS) is 13.5. The Kier molecular flexibility index (Phi) is 4.30. The lowest BCUT2D eigenvalue weighted by Gasteiger charge is -2.11. The SMILES string of the molecule is Cc1ccc(C(C)NC(=O)C/C(N)=N/O)s1. The maximum atomic E-state index is 11.4. The van der Waals surface area contributed by atoms with Crippen LogP contribution < -0.4 is 11.1 Å². The van der Waals surface area contributed by atoms with Gasteiger partial charge in [0.25, 0.3) is 0 Å². The molecule has 0 fully saturated rings. The highest BCUT2D eigenvalue weighted by Gasteiger charge is 2.12. The van der Waals surface area contributed by atoms with Gasteiger partial charge in [0, 0.05) is 9.75 Å². The lowest BCUT2D eigenvalue weighted by molar-refractivity contribution is -0.120. The lowest BCUT2D eigenvalue weighted by atomic mass is 10.2. The predicted molar refractivity (Wildman–Crippen MR) is 63.6 cm³/mol. The van der Waals surface area contributed by atoms with Crippen LogP contribution in [-0.4, -0.2) is 17.0 Å². The smallest absolute Gasteiger partial charge is 0.228 e. The Morgan fingerprint density at radius 3 is 2.88 bits per heavy atom. The number of oxime groups is 1. The Hall–Kier alpha value is -1.56. The first-order chi connectivity index (χ1) is 7.52. The van der Waals surface area contributed by atoms with E-state index in [1.54, 1.807) is 11.3 Å². The van der Waals surface area contributed by atoms with Crippen molar-refractivity contribution >= 4 is 23.1 Å². The number of thiophene rings is 1. The van der Waals surface area contributed by atoms with Crippen LogP contribution >= 0.6 is 11.3 Å². The molecule has 1 aromatic rings. The first-order valence-corrected chi connectivity index (χ1v) is 5.66. The van der Waals surface area contributed by atoms with Gasteiger partial charge in [0.2, 0.25) is 5.91 Å². The minimum atomic E-state index is -0.256. The van der Waals surface area contributed by atoms with E-state index in [1.165, 1.54) is 4.88 Å². The van der Waals surface area contributed by atoms with Crippen LogP contribution in [0.4, 0.5) is 0 Å². The zero-order chi connectivity index (χ0) is 12.1. The number of hydrogen-bond acceptors (Lipinski definition) is 4. The second kappa shape index (κ2) is 5.50. The highest BCUT2D eigenvalue weighted by Crippen LogP contribution is 2.22. The number of rotatable bonds is 4. The van der Waals surface area contributed by atoms with Crippen molar-refractivity contribution in [3.8, 4) is 0 Å². The Bertz CT molecular complexity index is 401. The van der Waals surface area contributed by atoms with E-state index in [1.807, 2.05) is 26.0 Å². The summed E-state index contributed by atoms with van der Waals surface area (Å²) in [5, 5.41) is 13.8. The average molecular weight is 241 g/mol. The first-order valence-electron chi connectivity index (χ1n) is 4.85. The molecule has 0 saturated carbocycles. The fourth-order valence-electron chi connectivity index (χ4n) is 1.25. The number of amidine groups is 1. The van der Waals surface area contributed by atoms with Crippen molar-refractivity contribution in [3.63, 3.8) is 0 Å². The van der Waals surface area contributed by atoms with Crippen molar-refractivity contribution in [1.29, 1.82) is 0 Å². The summed E-state index contributed by atoms with van der Waals surface area (Å²) in [4.78, 5) is 13.7.